The topological polar surface area (TPSA) is 9.86 Å². The number of thiophene rings is 2. The number of halogens is 6. The highest BCUT2D eigenvalue weighted by molar-refractivity contribution is 7.26. The van der Waals surface area contributed by atoms with Crippen molar-refractivity contribution in [3.05, 3.63) is 217 Å². The lowest BCUT2D eigenvalue weighted by molar-refractivity contribution is -0.138. The maximum Gasteiger partial charge on any atom is 0.416 e. The average Bonchev–Trinajstić information content (AvgIpc) is 4.15. The van der Waals surface area contributed by atoms with Gasteiger partial charge in [0.25, 0.3) is 0 Å². The molecule has 14 rings (SSSR count). The molecule has 346 valence electrons. The zero-order valence-electron chi connectivity index (χ0n) is 37.6. The minimum Gasteiger partial charge on any atom is -0.309 e. The second-order valence-corrected chi connectivity index (χ2v) is 20.4. The van der Waals surface area contributed by atoms with Crippen LogP contribution in [0.2, 0.25) is 0 Å². The minimum absolute atomic E-state index is 0.431. The third-order valence-electron chi connectivity index (χ3n) is 14.2. The highest BCUT2D eigenvalue weighted by Gasteiger charge is 2.32. The van der Waals surface area contributed by atoms with Crippen LogP contribution in [-0.2, 0) is 12.4 Å². The second-order valence-electron chi connectivity index (χ2n) is 18.2. The summed E-state index contributed by atoms with van der Waals surface area (Å²) in [5.41, 5.74) is 8.38. The van der Waals surface area contributed by atoms with Crippen LogP contribution in [0.15, 0.2) is 206 Å². The molecule has 0 aliphatic rings. The molecule has 0 unspecified atom stereocenters. The Bertz CT molecular complexity index is 4240. The Morgan fingerprint density at radius 1 is 0.292 bits per heavy atom. The van der Waals surface area contributed by atoms with Crippen LogP contribution in [0.25, 0.3) is 129 Å². The summed E-state index contributed by atoms with van der Waals surface area (Å²) in [5.74, 6) is 0. The van der Waals surface area contributed by atoms with E-state index in [1.807, 2.05) is 94.1 Å². The van der Waals surface area contributed by atoms with Gasteiger partial charge in [0.2, 0.25) is 0 Å². The zero-order valence-corrected chi connectivity index (χ0v) is 39.2. The SMILES string of the molecule is FC(F)(F)c1ccc2c(c1)c1cc(-c3ccc4c(c3)c3cc(C(F)(F)F)ccc3n4-c3ccc(-c4cccc5c4sc4ccccc45)cc3)ccc1n2-c1ccc(-c2cccc3c2sc2ccccc23)cc1. The lowest BCUT2D eigenvalue weighted by Gasteiger charge is -2.11. The van der Waals surface area contributed by atoms with Gasteiger partial charge in [-0.15, -0.1) is 22.7 Å². The van der Waals surface area contributed by atoms with Crippen LogP contribution in [-0.4, -0.2) is 9.13 Å². The van der Waals surface area contributed by atoms with Crippen molar-refractivity contribution in [2.45, 2.75) is 12.4 Å². The van der Waals surface area contributed by atoms with Gasteiger partial charge in [0.15, 0.2) is 0 Å². The van der Waals surface area contributed by atoms with Crippen LogP contribution in [0, 0.1) is 0 Å². The summed E-state index contributed by atoms with van der Waals surface area (Å²) < 4.78 is 95.1. The first-order valence-corrected chi connectivity index (χ1v) is 24.9. The number of fused-ring (bicyclic) bond motifs is 12. The molecule has 0 N–H and O–H groups in total. The van der Waals surface area contributed by atoms with E-state index in [4.69, 9.17) is 0 Å². The summed E-state index contributed by atoms with van der Waals surface area (Å²) in [4.78, 5) is 0. The lowest BCUT2D eigenvalue weighted by Crippen LogP contribution is -2.04. The molecule has 10 aromatic carbocycles. The maximum atomic E-state index is 14.4. The van der Waals surface area contributed by atoms with Gasteiger partial charge in [-0.25, -0.2) is 0 Å². The Balaban J connectivity index is 0.892. The van der Waals surface area contributed by atoms with Crippen molar-refractivity contribution in [2.24, 2.45) is 0 Å². The molecule has 0 spiro atoms. The van der Waals surface area contributed by atoms with E-state index >= 15 is 0 Å². The average molecular weight is 985 g/mol. The van der Waals surface area contributed by atoms with Crippen LogP contribution >= 0.6 is 22.7 Å². The Morgan fingerprint density at radius 3 is 1.04 bits per heavy atom. The van der Waals surface area contributed by atoms with E-state index in [-0.39, 0.29) is 0 Å². The van der Waals surface area contributed by atoms with Crippen LogP contribution in [0.1, 0.15) is 11.1 Å². The number of rotatable bonds is 5. The number of hydrogen-bond acceptors (Lipinski definition) is 2. The third-order valence-corrected chi connectivity index (χ3v) is 16.6. The van der Waals surface area contributed by atoms with Crippen LogP contribution in [0.4, 0.5) is 26.3 Å². The first-order valence-electron chi connectivity index (χ1n) is 23.3. The van der Waals surface area contributed by atoms with Crippen molar-refractivity contribution in [2.75, 3.05) is 0 Å². The fourth-order valence-corrected chi connectivity index (χ4v) is 13.3. The normalized spacial score (nSPS) is 12.6. The lowest BCUT2D eigenvalue weighted by atomic mass is 9.99. The molecular weight excluding hydrogens is 951 g/mol. The molecule has 4 aromatic heterocycles. The van der Waals surface area contributed by atoms with Crippen molar-refractivity contribution >= 4 is 107 Å². The van der Waals surface area contributed by atoms with Crippen LogP contribution < -0.4 is 0 Å². The molecule has 2 nitrogen and oxygen atoms in total. The monoisotopic (exact) mass is 984 g/mol. The molecule has 0 atom stereocenters. The molecule has 0 aliphatic heterocycles. The van der Waals surface area contributed by atoms with Gasteiger partial charge >= 0.3 is 12.4 Å². The van der Waals surface area contributed by atoms with Gasteiger partial charge in [-0.2, -0.15) is 26.3 Å². The summed E-state index contributed by atoms with van der Waals surface area (Å²) in [6.07, 6.45) is -9.14. The van der Waals surface area contributed by atoms with Gasteiger partial charge in [-0.3, -0.25) is 0 Å². The minimum atomic E-state index is -4.57. The number of hydrogen-bond donors (Lipinski definition) is 0. The highest BCUT2D eigenvalue weighted by Crippen LogP contribution is 2.45. The van der Waals surface area contributed by atoms with Gasteiger partial charge in [-0.1, -0.05) is 109 Å². The number of benzene rings is 10. The van der Waals surface area contributed by atoms with E-state index in [9.17, 15) is 26.3 Å². The third kappa shape index (κ3) is 6.62. The molecule has 0 fully saturated rings. The Hall–Kier alpha value is -8.18. The van der Waals surface area contributed by atoms with Crippen molar-refractivity contribution in [1.29, 1.82) is 0 Å². The van der Waals surface area contributed by atoms with E-state index in [0.717, 1.165) is 45.8 Å². The van der Waals surface area contributed by atoms with Gasteiger partial charge < -0.3 is 9.13 Å². The van der Waals surface area contributed by atoms with Crippen molar-refractivity contribution < 1.29 is 26.3 Å². The molecule has 14 aromatic rings. The molecule has 0 aliphatic carbocycles. The predicted octanol–water partition coefficient (Wildman–Crippen LogP) is 19.7. The van der Waals surface area contributed by atoms with Crippen molar-refractivity contribution in [3.8, 4) is 44.8 Å². The fourth-order valence-electron chi connectivity index (χ4n) is 10.8. The standard InChI is InChI=1S/C62H34F6N2S2/c63-61(64,65)39-21-29-55-51(33-39)49-31-37(19-27-53(49)69(55)41-23-15-35(16-24-41)43-9-5-11-47-45-7-1-3-13-57(45)71-59(43)47)38-20-28-54-50(32-38)52-34-40(62(66,67)68)22-30-56(52)70(54)42-25-17-36(18-26-42)44-10-6-12-48-46-8-2-4-14-58(46)72-60(44)48/h1-34H. The molecule has 0 radical (unpaired) electrons. The van der Waals surface area contributed by atoms with Gasteiger partial charge in [-0.05, 0) is 130 Å². The molecule has 10 heteroatoms. The van der Waals surface area contributed by atoms with Gasteiger partial charge in [0.1, 0.15) is 0 Å². The smallest absolute Gasteiger partial charge is 0.309 e. The maximum absolute atomic E-state index is 14.4. The Kier molecular flexibility index (Phi) is 9.28. The number of aromatic nitrogens is 2. The molecule has 0 saturated carbocycles. The molecule has 4 heterocycles. The largest absolute Gasteiger partial charge is 0.416 e. The fraction of sp³-hybridized carbons (Fsp3) is 0.0323. The van der Waals surface area contributed by atoms with E-state index in [1.165, 1.54) is 64.6 Å². The summed E-state index contributed by atoms with van der Waals surface area (Å²) in [6, 6.07) is 64.8. The van der Waals surface area contributed by atoms with Crippen LogP contribution in [0.3, 0.4) is 0 Å². The quantitative estimate of drug-likeness (QED) is 0.152. The van der Waals surface area contributed by atoms with Crippen LogP contribution in [0.5, 0.6) is 0 Å². The second kappa shape index (κ2) is 15.7. The summed E-state index contributed by atoms with van der Waals surface area (Å²) in [7, 11) is 0. The predicted molar refractivity (Wildman–Crippen MR) is 287 cm³/mol. The highest BCUT2D eigenvalue weighted by atomic mass is 32.1. The van der Waals surface area contributed by atoms with Crippen molar-refractivity contribution in [1.82, 2.24) is 9.13 Å². The molecule has 72 heavy (non-hydrogen) atoms. The molecule has 0 saturated heterocycles. The Labute approximate surface area is 414 Å². The molecule has 0 bridgehead atoms. The number of nitrogens with zero attached hydrogens (tertiary/aromatic N) is 2. The first kappa shape index (κ1) is 42.7. The van der Waals surface area contributed by atoms with E-state index in [1.54, 1.807) is 22.7 Å². The Morgan fingerprint density at radius 2 is 0.639 bits per heavy atom. The van der Waals surface area contributed by atoms with E-state index in [2.05, 4.69) is 84.9 Å². The summed E-state index contributed by atoms with van der Waals surface area (Å²) in [5, 5.41) is 6.88. The van der Waals surface area contributed by atoms with Gasteiger partial charge in [0, 0.05) is 73.3 Å². The van der Waals surface area contributed by atoms with Gasteiger partial charge in [0.05, 0.1) is 33.2 Å². The summed E-state index contributed by atoms with van der Waals surface area (Å²) in [6.45, 7) is 0. The number of alkyl halides is 6. The first-order chi connectivity index (χ1) is 34.9. The van der Waals surface area contributed by atoms with E-state index in [0.29, 0.717) is 54.7 Å². The molecular formula is C62H34F6N2S2. The van der Waals surface area contributed by atoms with Crippen molar-refractivity contribution in [3.63, 3.8) is 0 Å². The molecule has 0 amide bonds. The zero-order chi connectivity index (χ0) is 48.6. The van der Waals surface area contributed by atoms with E-state index < -0.39 is 23.5 Å². The summed E-state index contributed by atoms with van der Waals surface area (Å²) >= 11 is 3.50.